The van der Waals surface area contributed by atoms with E-state index < -0.39 is 12.2 Å². The van der Waals surface area contributed by atoms with Crippen molar-refractivity contribution < 1.29 is 19.1 Å². The average Bonchev–Trinajstić information content (AvgIpc) is 2.45. The van der Waals surface area contributed by atoms with Gasteiger partial charge in [-0.15, -0.1) is 0 Å². The highest BCUT2D eigenvalue weighted by molar-refractivity contribution is 6.05. The van der Waals surface area contributed by atoms with Gasteiger partial charge in [-0.3, -0.25) is 9.59 Å². The number of carbonyl (C=O) groups excluding carboxylic acids is 2. The third kappa shape index (κ3) is 2.59. The minimum atomic E-state index is -0.591. The maximum Gasteiger partial charge on any atom is 0.236 e. The van der Waals surface area contributed by atoms with Gasteiger partial charge in [-0.05, 0) is 12.5 Å². The Balaban J connectivity index is 2.22. The topological polar surface area (TPSA) is 55.8 Å². The maximum atomic E-state index is 12.1. The molecule has 0 N–H and O–H groups in total. The number of hydrogen-bond acceptors (Lipinski definition) is 4. The first kappa shape index (κ1) is 14.7. The molecule has 0 aliphatic carbocycles. The summed E-state index contributed by atoms with van der Waals surface area (Å²) in [5.41, 5.74) is 0.957. The van der Waals surface area contributed by atoms with Crippen molar-refractivity contribution in [2.24, 2.45) is 5.92 Å². The van der Waals surface area contributed by atoms with Crippen molar-refractivity contribution in [3.8, 4) is 0 Å². The van der Waals surface area contributed by atoms with E-state index in [1.807, 2.05) is 30.3 Å². The van der Waals surface area contributed by atoms with E-state index in [0.29, 0.717) is 6.54 Å². The van der Waals surface area contributed by atoms with E-state index in [9.17, 15) is 9.59 Å². The quantitative estimate of drug-likeness (QED) is 0.448. The van der Waals surface area contributed by atoms with Crippen LogP contribution in [-0.4, -0.2) is 43.6 Å². The first-order chi connectivity index (χ1) is 9.60. The van der Waals surface area contributed by atoms with Gasteiger partial charge in [-0.2, -0.15) is 0 Å². The summed E-state index contributed by atoms with van der Waals surface area (Å²) in [6, 6.07) is 9.33. The molecule has 1 aliphatic rings. The molecular formula is C15H19NO4. The zero-order chi connectivity index (χ0) is 14.7. The first-order valence-corrected chi connectivity index (χ1v) is 6.51. The van der Waals surface area contributed by atoms with Gasteiger partial charge >= 0.3 is 0 Å². The van der Waals surface area contributed by atoms with Crippen molar-refractivity contribution >= 4 is 11.7 Å². The summed E-state index contributed by atoms with van der Waals surface area (Å²) < 4.78 is 10.3. The summed E-state index contributed by atoms with van der Waals surface area (Å²) in [5, 5.41) is 0. The van der Waals surface area contributed by atoms with Gasteiger partial charge in [-0.25, -0.2) is 0 Å². The summed E-state index contributed by atoms with van der Waals surface area (Å²) in [4.78, 5) is 25.5. The molecule has 20 heavy (non-hydrogen) atoms. The fourth-order valence-electron chi connectivity index (χ4n) is 2.58. The summed E-state index contributed by atoms with van der Waals surface area (Å²) >= 11 is 0. The van der Waals surface area contributed by atoms with Gasteiger partial charge in [0.2, 0.25) is 5.91 Å². The van der Waals surface area contributed by atoms with Gasteiger partial charge in [0.25, 0.3) is 0 Å². The van der Waals surface area contributed by atoms with Crippen LogP contribution in [0.25, 0.3) is 0 Å². The molecule has 2 atom stereocenters. The Kier molecular flexibility index (Phi) is 4.52. The van der Waals surface area contributed by atoms with Crippen molar-refractivity contribution in [3.05, 3.63) is 35.9 Å². The van der Waals surface area contributed by atoms with Crippen LogP contribution in [0, 0.1) is 5.92 Å². The Morgan fingerprint density at radius 1 is 1.25 bits per heavy atom. The molecule has 108 valence electrons. The number of ketones is 1. The molecule has 0 aromatic heterocycles. The average molecular weight is 277 g/mol. The predicted octanol–water partition coefficient (Wildman–Crippen LogP) is 1.39. The van der Waals surface area contributed by atoms with E-state index in [0.717, 1.165) is 5.56 Å². The van der Waals surface area contributed by atoms with E-state index in [1.165, 1.54) is 21.1 Å². The highest BCUT2D eigenvalue weighted by Gasteiger charge is 2.51. The molecule has 0 radical (unpaired) electrons. The van der Waals surface area contributed by atoms with Gasteiger partial charge in [0.05, 0.1) is 12.6 Å². The number of hydrogen-bond donors (Lipinski definition) is 0. The number of nitrogens with zero attached hydrogens (tertiary/aromatic N) is 1. The molecule has 5 heteroatoms. The van der Waals surface area contributed by atoms with Crippen LogP contribution < -0.4 is 0 Å². The molecule has 1 saturated heterocycles. The molecule has 0 unspecified atom stereocenters. The fourth-order valence-corrected chi connectivity index (χ4v) is 2.58. The molecule has 1 aromatic carbocycles. The maximum absolute atomic E-state index is 12.1. The lowest BCUT2D eigenvalue weighted by Crippen LogP contribution is -2.59. The number of β-lactam (4-membered cyclic amide) rings is 1. The third-order valence-corrected chi connectivity index (χ3v) is 3.65. The highest BCUT2D eigenvalue weighted by atomic mass is 16.7. The lowest BCUT2D eigenvalue weighted by atomic mass is 9.80. The van der Waals surface area contributed by atoms with Crippen molar-refractivity contribution in [1.29, 1.82) is 0 Å². The number of likely N-dealkylation sites (tertiary alicyclic amines) is 1. The Morgan fingerprint density at radius 2 is 1.85 bits per heavy atom. The van der Waals surface area contributed by atoms with Crippen molar-refractivity contribution in [3.63, 3.8) is 0 Å². The Morgan fingerprint density at radius 3 is 2.35 bits per heavy atom. The second kappa shape index (κ2) is 6.15. The molecule has 1 aromatic rings. The van der Waals surface area contributed by atoms with Crippen LogP contribution in [0.2, 0.25) is 0 Å². The van der Waals surface area contributed by atoms with Crippen LogP contribution in [0.4, 0.5) is 0 Å². The van der Waals surface area contributed by atoms with E-state index in [-0.39, 0.29) is 17.7 Å². The second-order valence-corrected chi connectivity index (χ2v) is 4.84. The van der Waals surface area contributed by atoms with Crippen LogP contribution in [0.1, 0.15) is 18.5 Å². The minimum absolute atomic E-state index is 0.105. The van der Waals surface area contributed by atoms with E-state index in [4.69, 9.17) is 9.47 Å². The molecule has 2 rings (SSSR count). The fraction of sp³-hybridized carbons (Fsp3) is 0.467. The van der Waals surface area contributed by atoms with Crippen molar-refractivity contribution in [2.75, 3.05) is 20.8 Å². The second-order valence-electron chi connectivity index (χ2n) is 4.84. The summed E-state index contributed by atoms with van der Waals surface area (Å²) in [6.07, 6.45) is -0.488. The summed E-state index contributed by atoms with van der Waals surface area (Å²) in [7, 11) is 3.05. The van der Waals surface area contributed by atoms with E-state index in [1.54, 1.807) is 4.90 Å². The number of methoxy groups -OCH3 is 2. The minimum Gasteiger partial charge on any atom is -0.354 e. The molecule has 1 amide bonds. The summed E-state index contributed by atoms with van der Waals surface area (Å²) in [6.45, 7) is 1.77. The molecule has 0 saturated carbocycles. The van der Waals surface area contributed by atoms with Gasteiger partial charge in [0.1, 0.15) is 11.7 Å². The number of benzene rings is 1. The SMILES string of the molecule is COC(CN1C(=O)[C@H](C(C)=O)[C@H]1c1ccccc1)OC. The van der Waals surface area contributed by atoms with Crippen molar-refractivity contribution in [1.82, 2.24) is 4.90 Å². The highest BCUT2D eigenvalue weighted by Crippen LogP contribution is 2.40. The van der Waals surface area contributed by atoms with Crippen LogP contribution in [-0.2, 0) is 19.1 Å². The third-order valence-electron chi connectivity index (χ3n) is 3.65. The lowest BCUT2D eigenvalue weighted by Gasteiger charge is -2.47. The molecule has 1 heterocycles. The zero-order valence-electron chi connectivity index (χ0n) is 11.9. The Hall–Kier alpha value is -1.72. The number of ether oxygens (including phenoxy) is 2. The van der Waals surface area contributed by atoms with Gasteiger partial charge in [-0.1, -0.05) is 30.3 Å². The number of Topliss-reactive ketones (excluding diaryl/α,β-unsaturated/α-hetero) is 1. The molecule has 5 nitrogen and oxygen atoms in total. The largest absolute Gasteiger partial charge is 0.354 e. The monoisotopic (exact) mass is 277 g/mol. The first-order valence-electron chi connectivity index (χ1n) is 6.51. The van der Waals surface area contributed by atoms with Crippen LogP contribution >= 0.6 is 0 Å². The standard InChI is InChI=1S/C15H19NO4/c1-10(17)13-14(11-7-5-4-6-8-11)16(15(13)18)9-12(19-2)20-3/h4-8,12-14H,9H2,1-3H3/t13-,14-/m1/s1. The van der Waals surface area contributed by atoms with Gasteiger partial charge in [0.15, 0.2) is 6.29 Å². The normalized spacial score (nSPS) is 22.0. The number of rotatable bonds is 6. The predicted molar refractivity (Wildman–Crippen MR) is 72.9 cm³/mol. The van der Waals surface area contributed by atoms with Crippen molar-refractivity contribution in [2.45, 2.75) is 19.3 Å². The van der Waals surface area contributed by atoms with Crippen LogP contribution in [0.3, 0.4) is 0 Å². The van der Waals surface area contributed by atoms with E-state index in [2.05, 4.69) is 0 Å². The molecule has 1 fully saturated rings. The lowest BCUT2D eigenvalue weighted by molar-refractivity contribution is -0.176. The van der Waals surface area contributed by atoms with Crippen LogP contribution in [0.5, 0.6) is 0 Å². The Labute approximate surface area is 118 Å². The van der Waals surface area contributed by atoms with Gasteiger partial charge in [0, 0.05) is 14.2 Å². The van der Waals surface area contributed by atoms with Gasteiger partial charge < -0.3 is 14.4 Å². The number of carbonyl (C=O) groups is 2. The smallest absolute Gasteiger partial charge is 0.236 e. The molecular weight excluding hydrogens is 258 g/mol. The molecule has 0 bridgehead atoms. The zero-order valence-corrected chi connectivity index (χ0v) is 11.9. The number of amides is 1. The molecule has 1 aliphatic heterocycles. The molecule has 0 spiro atoms. The van der Waals surface area contributed by atoms with Crippen LogP contribution in [0.15, 0.2) is 30.3 Å². The Bertz CT molecular complexity index is 484. The summed E-state index contributed by atoms with van der Waals surface area (Å²) in [5.74, 6) is -0.858. The van der Waals surface area contributed by atoms with E-state index >= 15 is 0 Å².